The number of aromatic nitrogens is 2. The van der Waals surface area contributed by atoms with E-state index in [9.17, 15) is 39.6 Å². The number of hydrogen-bond acceptors (Lipinski definition) is 15. The number of ketones is 1. The Balaban J connectivity index is 0.730. The first kappa shape index (κ1) is 55.9. The topological polar surface area (TPSA) is 283 Å². The van der Waals surface area contributed by atoms with Gasteiger partial charge in [-0.25, -0.2) is 9.59 Å². The second-order valence-electron chi connectivity index (χ2n) is 25.3. The summed E-state index contributed by atoms with van der Waals surface area (Å²) in [6.45, 7) is 14.7. The highest BCUT2D eigenvalue weighted by atomic mass is 16.7. The van der Waals surface area contributed by atoms with E-state index in [1.165, 1.54) is 0 Å². The maximum absolute atomic E-state index is 15.0. The van der Waals surface area contributed by atoms with E-state index in [1.807, 2.05) is 65.0 Å². The van der Waals surface area contributed by atoms with Crippen LogP contribution in [-0.2, 0) is 47.5 Å². The molecular weight excluding hydrogens is 1020 g/mol. The predicted octanol–water partition coefficient (Wildman–Crippen LogP) is 7.30. The predicted molar refractivity (Wildman–Crippen MR) is 288 cm³/mol. The second kappa shape index (κ2) is 20.8. The van der Waals surface area contributed by atoms with Gasteiger partial charge in [-0.2, -0.15) is 0 Å². The molecule has 19 nitrogen and oxygen atoms in total. The van der Waals surface area contributed by atoms with Gasteiger partial charge in [0.05, 0.1) is 48.3 Å². The number of allylic oxidation sites excluding steroid dienone is 3. The van der Waals surface area contributed by atoms with Crippen LogP contribution in [0.5, 0.6) is 0 Å². The number of ether oxygens (including phenoxy) is 7. The molecule has 4 saturated heterocycles. The molecule has 6 heterocycles. The molecule has 1 aromatic carbocycles. The number of rotatable bonds is 10. The Morgan fingerprint density at radius 3 is 2.30 bits per heavy atom. The number of nitrogens with one attached hydrogen (secondary N) is 3. The number of aliphatic carboxylic acids is 1. The number of amides is 1. The summed E-state index contributed by atoms with van der Waals surface area (Å²) in [5.41, 5.74) is 3.21. The van der Waals surface area contributed by atoms with Crippen LogP contribution in [-0.4, -0.2) is 139 Å². The minimum absolute atomic E-state index is 0.0366. The van der Waals surface area contributed by atoms with Crippen LogP contribution >= 0.6 is 0 Å². The van der Waals surface area contributed by atoms with E-state index in [4.69, 9.17) is 38.9 Å². The van der Waals surface area contributed by atoms with E-state index < -0.39 is 125 Å². The van der Waals surface area contributed by atoms with Crippen LogP contribution in [0.2, 0.25) is 0 Å². The van der Waals surface area contributed by atoms with Gasteiger partial charge in [0.1, 0.15) is 40.4 Å². The molecule has 9 N–H and O–H groups in total. The molecule has 4 aliphatic carbocycles. The van der Waals surface area contributed by atoms with Crippen molar-refractivity contribution in [2.75, 3.05) is 0 Å². The number of H-pyrrole nitrogens is 2. The molecule has 21 atom stereocenters. The highest BCUT2D eigenvalue weighted by Gasteiger charge is 2.63. The van der Waals surface area contributed by atoms with E-state index in [2.05, 4.69) is 21.4 Å². The number of fused-ring (bicyclic) bond motifs is 8. The lowest BCUT2D eigenvalue weighted by molar-refractivity contribution is -0.339. The molecule has 1 amide bonds. The number of aromatic amines is 2. The Labute approximate surface area is 460 Å². The van der Waals surface area contributed by atoms with Crippen molar-refractivity contribution in [1.82, 2.24) is 15.3 Å². The summed E-state index contributed by atoms with van der Waals surface area (Å²) in [6.07, 6.45) is 3.77. The van der Waals surface area contributed by atoms with Gasteiger partial charge >= 0.3 is 11.9 Å². The molecule has 11 rings (SSSR count). The summed E-state index contributed by atoms with van der Waals surface area (Å²) in [7, 11) is 0. The highest BCUT2D eigenvalue weighted by molar-refractivity contribution is 6.29. The molecule has 4 aliphatic heterocycles. The maximum Gasteiger partial charge on any atom is 0.355 e. The molecule has 79 heavy (non-hydrogen) atoms. The third-order valence-electron chi connectivity index (χ3n) is 19.9. The molecule has 3 bridgehead atoms. The second-order valence-corrected chi connectivity index (χ2v) is 25.3. The first-order valence-electron chi connectivity index (χ1n) is 28.8. The molecule has 2 aromatic heterocycles. The lowest BCUT2D eigenvalue weighted by Gasteiger charge is -2.53. The molecule has 3 aromatic rings. The average Bonchev–Trinajstić information content (AvgIpc) is 3.90. The van der Waals surface area contributed by atoms with Crippen molar-refractivity contribution < 1.29 is 72.8 Å². The Kier molecular flexibility index (Phi) is 14.7. The standard InChI is InChI=1S/C60H80N4O15/c1-9-32-24-57(6)25-37(55(69)70)28(2)60(27-57)51(67)48(54(68)64-60)50(66)59(8)33(21-41(32)65)17-18-35-38(59)14-12-16-43(35)77-45-20-19-42(29(3)73-45)76-47-26-58(7,72)52(31(5)75-47)79-46-23-44(49(61)30(4)74-46)78-56(71)40-22-36-34-13-10-11-15-39(34)62-53(36)63-40/h10-11,13,15,17-18,22,25,28-33,35,38,41-47,49,52,62-63,65-66,72H,9,12,14,16,19-21,23-24,26-27,61H2,1-8H3,(H,64,68)(H,69,70)/b50-48+/t28?,29-,30+,31+,32?,33?,35?,38?,41?,42-,43?,44+,45+,46-,47-,49-,52+,57?,58-,59?,60?/m0/s1. The summed E-state index contributed by atoms with van der Waals surface area (Å²) in [5.74, 6) is -5.41. The van der Waals surface area contributed by atoms with Crippen molar-refractivity contribution in [3.63, 3.8) is 0 Å². The molecule has 19 heteroatoms. The smallest absolute Gasteiger partial charge is 0.355 e. The van der Waals surface area contributed by atoms with Crippen LogP contribution < -0.4 is 11.1 Å². The monoisotopic (exact) mass is 1100 g/mol. The fourth-order valence-electron chi connectivity index (χ4n) is 15.6. The van der Waals surface area contributed by atoms with Gasteiger partial charge in [-0.15, -0.1) is 0 Å². The minimum Gasteiger partial charge on any atom is -0.511 e. The van der Waals surface area contributed by atoms with Crippen LogP contribution in [0.3, 0.4) is 0 Å². The fraction of sp³-hybridized carbons (Fsp3) is 0.667. The normalized spacial score (nSPS) is 44.5. The van der Waals surface area contributed by atoms with Crippen LogP contribution in [0.1, 0.15) is 137 Å². The Bertz CT molecular complexity index is 2960. The van der Waals surface area contributed by atoms with Gasteiger partial charge in [0.15, 0.2) is 24.7 Å². The molecule has 10 unspecified atom stereocenters. The Morgan fingerprint density at radius 2 is 1.57 bits per heavy atom. The first-order valence-corrected chi connectivity index (χ1v) is 28.8. The number of nitrogens with two attached hydrogens (primary N) is 1. The van der Waals surface area contributed by atoms with Gasteiger partial charge in [0.2, 0.25) is 0 Å². The van der Waals surface area contributed by atoms with Crippen LogP contribution in [0.15, 0.2) is 65.5 Å². The van der Waals surface area contributed by atoms with Crippen molar-refractivity contribution in [3.05, 3.63) is 71.2 Å². The minimum atomic E-state index is -1.58. The zero-order valence-electron chi connectivity index (χ0n) is 46.6. The number of aliphatic hydroxyl groups excluding tert-OH is 2. The number of carbonyl (C=O) groups excluding carboxylic acids is 3. The number of carbonyl (C=O) groups is 4. The number of aliphatic hydroxyl groups is 3. The van der Waals surface area contributed by atoms with E-state index >= 15 is 0 Å². The summed E-state index contributed by atoms with van der Waals surface area (Å²) >= 11 is 0. The number of benzene rings is 1. The third-order valence-corrected chi connectivity index (χ3v) is 19.9. The van der Waals surface area contributed by atoms with Gasteiger partial charge < -0.3 is 74.6 Å². The first-order chi connectivity index (χ1) is 37.4. The van der Waals surface area contributed by atoms with Crippen LogP contribution in [0.4, 0.5) is 0 Å². The molecule has 8 aliphatic rings. The number of Topliss-reactive ketones (excluding diaryl/α,β-unsaturated/α-hetero) is 1. The molecule has 5 fully saturated rings. The molecular formula is C60H80N4O15. The van der Waals surface area contributed by atoms with E-state index in [-0.39, 0.29) is 72.1 Å². The van der Waals surface area contributed by atoms with Gasteiger partial charge in [-0.3, -0.25) is 9.59 Å². The van der Waals surface area contributed by atoms with E-state index in [0.717, 1.165) is 22.7 Å². The summed E-state index contributed by atoms with van der Waals surface area (Å²) < 4.78 is 45.0. The van der Waals surface area contributed by atoms with Crippen molar-refractivity contribution in [3.8, 4) is 0 Å². The lowest BCUT2D eigenvalue weighted by Crippen LogP contribution is -2.60. The SMILES string of the molecule is CCC1CC2(C)C=C(C(=O)O)C(C)C3(C2)NC(=O)/C(=C(/O)C2(C)C(C=CC4C(O[C@@H]5CC[C@H](O[C@H]6C[C@](C)(O)[C@H](O[C@H]7C[C@@H](OC(=O)c8cc9c([nH]8)[nH]c8ccccc89)[C@@H](N)[C@@H](C)O7)[C@@H](C)O6)[C@H](C)O5)CCCC42)CC1O)C3=O. The number of hydrogen-bond donors (Lipinski definition) is 8. The van der Waals surface area contributed by atoms with E-state index in [1.54, 1.807) is 32.9 Å². The summed E-state index contributed by atoms with van der Waals surface area (Å²) in [4.78, 5) is 61.9. The third kappa shape index (κ3) is 9.79. The zero-order valence-corrected chi connectivity index (χ0v) is 46.6. The average molecular weight is 1100 g/mol. The Hall–Kier alpha value is -4.96. The number of esters is 1. The van der Waals surface area contributed by atoms with Gasteiger partial charge in [-0.05, 0) is 102 Å². The molecule has 1 spiro atoms. The van der Waals surface area contributed by atoms with Gasteiger partial charge in [-0.1, -0.05) is 77.0 Å². The number of para-hydroxylation sites is 1. The highest BCUT2D eigenvalue weighted by Crippen LogP contribution is 2.59. The summed E-state index contributed by atoms with van der Waals surface area (Å²) in [6, 6.07) is 8.98. The van der Waals surface area contributed by atoms with E-state index in [0.29, 0.717) is 44.2 Å². The van der Waals surface area contributed by atoms with Crippen molar-refractivity contribution in [1.29, 1.82) is 0 Å². The number of carboxylic acid groups (broad SMARTS) is 1. The molecule has 1 saturated carbocycles. The lowest BCUT2D eigenvalue weighted by atomic mass is 9.52. The molecule has 0 radical (unpaired) electrons. The zero-order chi connectivity index (χ0) is 56.2. The van der Waals surface area contributed by atoms with Crippen molar-refractivity contribution >= 4 is 45.6 Å². The van der Waals surface area contributed by atoms with Gasteiger partial charge in [0, 0.05) is 58.4 Å². The quantitative estimate of drug-likeness (QED) is 0.0562. The van der Waals surface area contributed by atoms with Gasteiger partial charge in [0.25, 0.3) is 5.91 Å². The Morgan fingerprint density at radius 1 is 0.835 bits per heavy atom. The molecule has 430 valence electrons. The van der Waals surface area contributed by atoms with Crippen molar-refractivity contribution in [2.24, 2.45) is 46.2 Å². The number of carboxylic acids is 1. The maximum atomic E-state index is 15.0. The summed E-state index contributed by atoms with van der Waals surface area (Å²) in [5, 5.41) is 52.0. The fourth-order valence-corrected chi connectivity index (χ4v) is 15.6. The van der Waals surface area contributed by atoms with Crippen LogP contribution in [0, 0.1) is 40.4 Å². The van der Waals surface area contributed by atoms with Crippen molar-refractivity contribution in [2.45, 2.75) is 211 Å². The van der Waals surface area contributed by atoms with Crippen LogP contribution in [0.25, 0.3) is 21.9 Å². The largest absolute Gasteiger partial charge is 0.511 e.